The van der Waals surface area contributed by atoms with Gasteiger partial charge in [-0.3, -0.25) is 9.98 Å². The van der Waals surface area contributed by atoms with Crippen LogP contribution in [0.5, 0.6) is 0 Å². The first-order chi connectivity index (χ1) is 18.2. The lowest BCUT2D eigenvalue weighted by Crippen LogP contribution is -2.45. The summed E-state index contributed by atoms with van der Waals surface area (Å²) in [5.74, 6) is 2.28. The Kier molecular flexibility index (Phi) is 16.0. The van der Waals surface area contributed by atoms with Crippen LogP contribution < -0.4 is 21.8 Å². The van der Waals surface area contributed by atoms with Crippen molar-refractivity contribution < 1.29 is 5.21 Å². The zero-order valence-corrected chi connectivity index (χ0v) is 24.6. The molecular weight excluding hydrogens is 492 g/mol. The lowest BCUT2D eigenvalue weighted by atomic mass is 9.90. The number of amidine groups is 1. The van der Waals surface area contributed by atoms with Crippen LogP contribution in [0.2, 0.25) is 0 Å². The topological polar surface area (TPSA) is 113 Å². The molecule has 1 atom stereocenters. The molecule has 0 aliphatic heterocycles. The van der Waals surface area contributed by atoms with Gasteiger partial charge < -0.3 is 21.6 Å². The molecule has 1 heterocycles. The van der Waals surface area contributed by atoms with E-state index in [1.165, 1.54) is 12.7 Å². The van der Waals surface area contributed by atoms with Gasteiger partial charge in [0.25, 0.3) is 0 Å². The van der Waals surface area contributed by atoms with Crippen molar-refractivity contribution in [3.63, 3.8) is 0 Å². The number of nitrogens with two attached hydrogens (primary N) is 2. The molecule has 3 aromatic rings. The predicted octanol–water partition coefficient (Wildman–Crippen LogP) is 5.31. The Bertz CT molecular complexity index is 1030. The number of aromatic nitrogens is 1. The van der Waals surface area contributed by atoms with Crippen LogP contribution in [0.4, 0.5) is 5.69 Å². The molecule has 7 nitrogen and oxygen atoms in total. The third-order valence-electron chi connectivity index (χ3n) is 5.64. The molecule has 8 heteroatoms. The van der Waals surface area contributed by atoms with E-state index < -0.39 is 0 Å². The SMILES string of the molecule is CNO.CSCC(C)(CN(C)c1ccccc1)C(N)=NCC(C)C.NCc1ccc(-c2ccccn2)cc1. The fourth-order valence-electron chi connectivity index (χ4n) is 3.63. The third-order valence-corrected chi connectivity index (χ3v) is 6.57. The van der Waals surface area contributed by atoms with Crippen LogP contribution in [-0.2, 0) is 6.54 Å². The van der Waals surface area contributed by atoms with Gasteiger partial charge in [0.05, 0.1) is 11.1 Å². The highest BCUT2D eigenvalue weighted by molar-refractivity contribution is 7.98. The maximum Gasteiger partial charge on any atom is 0.102 e. The first kappa shape index (κ1) is 33.1. The number of aliphatic imine (C=N–C) groups is 1. The molecule has 0 bridgehead atoms. The molecule has 38 heavy (non-hydrogen) atoms. The van der Waals surface area contributed by atoms with Gasteiger partial charge >= 0.3 is 0 Å². The van der Waals surface area contributed by atoms with E-state index in [1.807, 2.05) is 60.3 Å². The number of anilines is 1. The molecule has 0 spiro atoms. The zero-order chi connectivity index (χ0) is 28.4. The van der Waals surface area contributed by atoms with Crippen LogP contribution in [0.3, 0.4) is 0 Å². The number of nitrogens with zero attached hydrogens (tertiary/aromatic N) is 3. The smallest absolute Gasteiger partial charge is 0.102 e. The van der Waals surface area contributed by atoms with E-state index in [2.05, 4.69) is 73.2 Å². The summed E-state index contributed by atoms with van der Waals surface area (Å²) in [4.78, 5) is 11.1. The maximum atomic E-state index is 7.32. The predicted molar refractivity (Wildman–Crippen MR) is 166 cm³/mol. The number of nitrogens with one attached hydrogen (secondary N) is 1. The summed E-state index contributed by atoms with van der Waals surface area (Å²) in [6, 6.07) is 24.5. The first-order valence-corrected chi connectivity index (χ1v) is 14.2. The van der Waals surface area contributed by atoms with Crippen molar-refractivity contribution in [3.8, 4) is 11.3 Å². The lowest BCUT2D eigenvalue weighted by Gasteiger charge is -2.34. The monoisotopic (exact) mass is 538 g/mol. The second kappa shape index (κ2) is 18.4. The van der Waals surface area contributed by atoms with Crippen LogP contribution in [0, 0.1) is 11.3 Å². The number of pyridine rings is 1. The van der Waals surface area contributed by atoms with Gasteiger partial charge in [0.1, 0.15) is 5.84 Å². The fraction of sp³-hybridized carbons (Fsp3) is 0.400. The van der Waals surface area contributed by atoms with E-state index in [0.29, 0.717) is 12.5 Å². The molecule has 0 fully saturated rings. The van der Waals surface area contributed by atoms with Crippen molar-refractivity contribution in [3.05, 3.63) is 84.6 Å². The Labute approximate surface area is 233 Å². The quantitative estimate of drug-likeness (QED) is 0.157. The van der Waals surface area contributed by atoms with Crippen molar-refractivity contribution in [2.24, 2.45) is 27.8 Å². The van der Waals surface area contributed by atoms with Gasteiger partial charge in [0, 0.05) is 56.9 Å². The summed E-state index contributed by atoms with van der Waals surface area (Å²) in [6.07, 6.45) is 3.92. The summed E-state index contributed by atoms with van der Waals surface area (Å²) < 4.78 is 0. The maximum absolute atomic E-state index is 7.32. The van der Waals surface area contributed by atoms with E-state index in [0.717, 1.165) is 41.5 Å². The van der Waals surface area contributed by atoms with Crippen LogP contribution in [-0.4, -0.2) is 55.2 Å². The highest BCUT2D eigenvalue weighted by Gasteiger charge is 2.30. The van der Waals surface area contributed by atoms with Crippen molar-refractivity contribution in [2.75, 3.05) is 44.1 Å². The van der Waals surface area contributed by atoms with Crippen molar-refractivity contribution in [2.45, 2.75) is 27.3 Å². The molecular formula is C30H46N6OS. The molecule has 0 aliphatic rings. The third kappa shape index (κ3) is 12.1. The average molecular weight is 539 g/mol. The van der Waals surface area contributed by atoms with Crippen molar-refractivity contribution >= 4 is 23.3 Å². The molecule has 2 aromatic carbocycles. The summed E-state index contributed by atoms with van der Waals surface area (Å²) in [5.41, 5.74) is 18.0. The number of thioether (sulfide) groups is 1. The Morgan fingerprint density at radius 1 is 1.08 bits per heavy atom. The van der Waals surface area contributed by atoms with Crippen LogP contribution >= 0.6 is 11.8 Å². The molecule has 0 saturated heterocycles. The van der Waals surface area contributed by atoms with Crippen molar-refractivity contribution in [1.82, 2.24) is 10.5 Å². The summed E-state index contributed by atoms with van der Waals surface area (Å²) >= 11 is 1.82. The van der Waals surface area contributed by atoms with Gasteiger partial charge in [-0.25, -0.2) is 5.48 Å². The van der Waals surface area contributed by atoms with Gasteiger partial charge in [-0.15, -0.1) is 0 Å². The van der Waals surface area contributed by atoms with Gasteiger partial charge in [-0.2, -0.15) is 11.8 Å². The van der Waals surface area contributed by atoms with E-state index in [1.54, 1.807) is 11.7 Å². The second-order valence-electron chi connectivity index (χ2n) is 9.64. The van der Waals surface area contributed by atoms with E-state index in [4.69, 9.17) is 16.7 Å². The Morgan fingerprint density at radius 2 is 1.68 bits per heavy atom. The molecule has 1 aromatic heterocycles. The number of hydroxylamine groups is 1. The largest absolute Gasteiger partial charge is 0.387 e. The Balaban J connectivity index is 0.000000364. The van der Waals surface area contributed by atoms with E-state index in [9.17, 15) is 0 Å². The van der Waals surface area contributed by atoms with Gasteiger partial charge in [0.2, 0.25) is 0 Å². The fourth-order valence-corrected chi connectivity index (χ4v) is 4.51. The average Bonchev–Trinajstić information content (AvgIpc) is 2.93. The van der Waals surface area contributed by atoms with Crippen LogP contribution in [0.25, 0.3) is 11.3 Å². The molecule has 6 N–H and O–H groups in total. The lowest BCUT2D eigenvalue weighted by molar-refractivity contribution is 0.194. The number of benzene rings is 2. The molecule has 208 valence electrons. The summed E-state index contributed by atoms with van der Waals surface area (Å²) in [6.45, 7) is 8.79. The van der Waals surface area contributed by atoms with Crippen molar-refractivity contribution in [1.29, 1.82) is 0 Å². The summed E-state index contributed by atoms with van der Waals surface area (Å²) in [7, 11) is 3.55. The van der Waals surface area contributed by atoms with Crippen LogP contribution in [0.1, 0.15) is 26.3 Å². The molecule has 0 amide bonds. The zero-order valence-electron chi connectivity index (χ0n) is 23.8. The molecule has 1 unspecified atom stereocenters. The molecule has 0 saturated carbocycles. The number of hydrogen-bond acceptors (Lipinski definition) is 7. The molecule has 0 aliphatic carbocycles. The normalized spacial score (nSPS) is 12.5. The summed E-state index contributed by atoms with van der Waals surface area (Å²) in [5, 5.41) is 7.32. The minimum atomic E-state index is -0.112. The second-order valence-corrected chi connectivity index (χ2v) is 10.5. The highest BCUT2D eigenvalue weighted by Crippen LogP contribution is 2.26. The number of hydrogen-bond donors (Lipinski definition) is 4. The minimum Gasteiger partial charge on any atom is -0.387 e. The Morgan fingerprint density at radius 3 is 2.18 bits per heavy atom. The number of rotatable bonds is 10. The van der Waals surface area contributed by atoms with E-state index in [-0.39, 0.29) is 5.41 Å². The minimum absolute atomic E-state index is 0.112. The number of para-hydroxylation sites is 1. The Hall–Kier alpha value is -2.91. The standard InChI is InChI=1S/C17H29N3S.C12H12N2.CH5NO/c1-14(2)11-19-16(18)17(3,13-21-5)12-20(4)15-9-7-6-8-10-15;13-9-10-4-6-11(7-5-10)12-3-1-2-8-14-12;1-2-3/h6-10,14H,11-13H2,1-5H3,(H2,18,19);1-8H,9,13H2;2-3H,1H3. The highest BCUT2D eigenvalue weighted by atomic mass is 32.2. The molecule has 3 rings (SSSR count). The van der Waals surface area contributed by atoms with Crippen LogP contribution in [0.15, 0.2) is 84.0 Å². The van der Waals surface area contributed by atoms with Gasteiger partial charge in [-0.05, 0) is 42.0 Å². The first-order valence-electron chi connectivity index (χ1n) is 12.8. The van der Waals surface area contributed by atoms with Gasteiger partial charge in [-0.1, -0.05) is 69.3 Å². The molecule has 0 radical (unpaired) electrons. The van der Waals surface area contributed by atoms with E-state index >= 15 is 0 Å². The van der Waals surface area contributed by atoms with Gasteiger partial charge in [0.15, 0.2) is 0 Å².